The van der Waals surface area contributed by atoms with E-state index in [1.807, 2.05) is 13.8 Å². The highest BCUT2D eigenvalue weighted by atomic mass is 16.5. The first-order valence-electron chi connectivity index (χ1n) is 7.06. The van der Waals surface area contributed by atoms with Crippen molar-refractivity contribution >= 4 is 23.5 Å². The van der Waals surface area contributed by atoms with Crippen molar-refractivity contribution in [1.29, 1.82) is 0 Å². The van der Waals surface area contributed by atoms with Crippen LogP contribution in [0.5, 0.6) is 0 Å². The van der Waals surface area contributed by atoms with E-state index in [1.54, 1.807) is 24.3 Å². The Bertz CT molecular complexity index is 522. The number of esters is 2. The van der Waals surface area contributed by atoms with Gasteiger partial charge in [-0.3, -0.25) is 9.59 Å². The van der Waals surface area contributed by atoms with Crippen molar-refractivity contribution < 1.29 is 23.9 Å². The molecule has 0 aliphatic carbocycles. The molecule has 0 bridgehead atoms. The minimum atomic E-state index is -0.432. The van der Waals surface area contributed by atoms with Crippen molar-refractivity contribution in [3.05, 3.63) is 29.8 Å². The second-order valence-corrected chi connectivity index (χ2v) is 5.19. The first-order chi connectivity index (χ1) is 10.4. The number of benzene rings is 1. The van der Waals surface area contributed by atoms with Gasteiger partial charge in [0.2, 0.25) is 5.91 Å². The van der Waals surface area contributed by atoms with Crippen molar-refractivity contribution in [1.82, 2.24) is 0 Å². The zero-order chi connectivity index (χ0) is 16.5. The molecule has 0 saturated heterocycles. The van der Waals surface area contributed by atoms with Crippen LogP contribution in [0.25, 0.3) is 0 Å². The average molecular weight is 307 g/mol. The van der Waals surface area contributed by atoms with Crippen LogP contribution >= 0.6 is 0 Å². The van der Waals surface area contributed by atoms with E-state index in [1.165, 1.54) is 7.11 Å². The second-order valence-electron chi connectivity index (χ2n) is 5.19. The first-order valence-corrected chi connectivity index (χ1v) is 7.06. The van der Waals surface area contributed by atoms with E-state index >= 15 is 0 Å². The van der Waals surface area contributed by atoms with Gasteiger partial charge >= 0.3 is 11.9 Å². The van der Waals surface area contributed by atoms with Gasteiger partial charge in [-0.25, -0.2) is 4.79 Å². The molecule has 0 atom stereocenters. The van der Waals surface area contributed by atoms with Crippen LogP contribution in [0, 0.1) is 5.92 Å². The van der Waals surface area contributed by atoms with E-state index in [-0.39, 0.29) is 24.7 Å². The summed E-state index contributed by atoms with van der Waals surface area (Å²) in [5.74, 6) is -0.839. The number of rotatable bonds is 7. The molecule has 0 saturated carbocycles. The van der Waals surface area contributed by atoms with Crippen molar-refractivity contribution in [3.63, 3.8) is 0 Å². The van der Waals surface area contributed by atoms with Gasteiger partial charge in [-0.2, -0.15) is 0 Å². The third kappa shape index (κ3) is 6.39. The number of hydrogen-bond donors (Lipinski definition) is 1. The zero-order valence-electron chi connectivity index (χ0n) is 13.0. The molecule has 0 radical (unpaired) electrons. The molecule has 1 aromatic carbocycles. The van der Waals surface area contributed by atoms with Crippen LogP contribution in [-0.2, 0) is 19.1 Å². The molecule has 6 heteroatoms. The Hall–Kier alpha value is -2.37. The summed E-state index contributed by atoms with van der Waals surface area (Å²) in [6.45, 7) is 4.28. The second kappa shape index (κ2) is 8.81. The smallest absolute Gasteiger partial charge is 0.338 e. The van der Waals surface area contributed by atoms with Gasteiger partial charge in [0, 0.05) is 12.1 Å². The summed E-state index contributed by atoms with van der Waals surface area (Å²) >= 11 is 0. The largest absolute Gasteiger partial charge is 0.469 e. The third-order valence-corrected chi connectivity index (χ3v) is 2.74. The molecule has 0 aromatic heterocycles. The fraction of sp³-hybridized carbons (Fsp3) is 0.438. The van der Waals surface area contributed by atoms with Gasteiger partial charge < -0.3 is 14.8 Å². The highest BCUT2D eigenvalue weighted by Gasteiger charge is 2.10. The van der Waals surface area contributed by atoms with Crippen molar-refractivity contribution in [2.24, 2.45) is 5.92 Å². The Labute approximate surface area is 129 Å². The van der Waals surface area contributed by atoms with Gasteiger partial charge in [-0.05, 0) is 30.2 Å². The SMILES string of the molecule is COC(=O)CCC(=O)Nc1ccc(C(=O)OCC(C)C)cc1. The van der Waals surface area contributed by atoms with E-state index in [9.17, 15) is 14.4 Å². The minimum Gasteiger partial charge on any atom is -0.469 e. The lowest BCUT2D eigenvalue weighted by molar-refractivity contribution is -0.141. The number of anilines is 1. The van der Waals surface area contributed by atoms with Crippen LogP contribution in [0.2, 0.25) is 0 Å². The topological polar surface area (TPSA) is 81.7 Å². The Morgan fingerprint density at radius 3 is 2.27 bits per heavy atom. The van der Waals surface area contributed by atoms with Crippen molar-refractivity contribution in [2.75, 3.05) is 19.0 Å². The van der Waals surface area contributed by atoms with Gasteiger partial charge in [0.25, 0.3) is 0 Å². The monoisotopic (exact) mass is 307 g/mol. The van der Waals surface area contributed by atoms with Crippen LogP contribution < -0.4 is 5.32 Å². The van der Waals surface area contributed by atoms with Gasteiger partial charge in [0.05, 0.1) is 25.7 Å². The molecule has 0 aliphatic rings. The molecule has 1 amide bonds. The Kier molecular flexibility index (Phi) is 7.08. The number of methoxy groups -OCH3 is 1. The van der Waals surface area contributed by atoms with Crippen LogP contribution in [0.4, 0.5) is 5.69 Å². The maximum absolute atomic E-state index is 11.7. The molecule has 0 fully saturated rings. The van der Waals surface area contributed by atoms with Crippen LogP contribution in [0.15, 0.2) is 24.3 Å². The van der Waals surface area contributed by atoms with Gasteiger partial charge in [0.15, 0.2) is 0 Å². The zero-order valence-corrected chi connectivity index (χ0v) is 13.0. The lowest BCUT2D eigenvalue weighted by atomic mass is 10.2. The molecule has 1 N–H and O–H groups in total. The van der Waals surface area contributed by atoms with E-state index in [4.69, 9.17) is 4.74 Å². The number of amides is 1. The number of carbonyl (C=O) groups is 3. The molecule has 6 nitrogen and oxygen atoms in total. The molecule has 1 aromatic rings. The quantitative estimate of drug-likeness (QED) is 0.782. The van der Waals surface area contributed by atoms with Crippen molar-refractivity contribution in [2.45, 2.75) is 26.7 Å². The maximum atomic E-state index is 11.7. The van der Waals surface area contributed by atoms with Gasteiger partial charge in [0.1, 0.15) is 0 Å². The predicted molar refractivity (Wildman–Crippen MR) is 81.4 cm³/mol. The molecule has 120 valence electrons. The van der Waals surface area contributed by atoms with E-state index in [2.05, 4.69) is 10.1 Å². The summed E-state index contributed by atoms with van der Waals surface area (Å²) in [6, 6.07) is 6.39. The molecular formula is C16H21NO5. The van der Waals surface area contributed by atoms with Crippen molar-refractivity contribution in [3.8, 4) is 0 Å². The summed E-state index contributed by atoms with van der Waals surface area (Å²) < 4.78 is 9.57. The Morgan fingerprint density at radius 2 is 1.73 bits per heavy atom. The fourth-order valence-corrected chi connectivity index (χ4v) is 1.56. The lowest BCUT2D eigenvalue weighted by Crippen LogP contribution is -2.14. The maximum Gasteiger partial charge on any atom is 0.338 e. The molecule has 22 heavy (non-hydrogen) atoms. The standard InChI is InChI=1S/C16H21NO5/c1-11(2)10-22-16(20)12-4-6-13(7-5-12)17-14(18)8-9-15(19)21-3/h4-7,11H,8-10H2,1-3H3,(H,17,18). The Morgan fingerprint density at radius 1 is 1.09 bits per heavy atom. The molecule has 1 rings (SSSR count). The molecule has 0 unspecified atom stereocenters. The number of carbonyl (C=O) groups excluding carboxylic acids is 3. The summed E-state index contributed by atoms with van der Waals surface area (Å²) in [5.41, 5.74) is 0.975. The van der Waals surface area contributed by atoms with Crippen LogP contribution in [-0.4, -0.2) is 31.6 Å². The minimum absolute atomic E-state index is 0.0297. The molecule has 0 heterocycles. The number of nitrogens with one attached hydrogen (secondary N) is 1. The highest BCUT2D eigenvalue weighted by molar-refractivity contribution is 5.94. The van der Waals surface area contributed by atoms with Crippen LogP contribution in [0.3, 0.4) is 0 Å². The van der Waals surface area contributed by atoms with Gasteiger partial charge in [-0.15, -0.1) is 0 Å². The normalized spacial score (nSPS) is 10.2. The summed E-state index contributed by atoms with van der Waals surface area (Å²) in [6.07, 6.45) is 0.0762. The van der Waals surface area contributed by atoms with Crippen LogP contribution in [0.1, 0.15) is 37.0 Å². The van der Waals surface area contributed by atoms with E-state index in [0.717, 1.165) is 0 Å². The van der Waals surface area contributed by atoms with E-state index < -0.39 is 11.9 Å². The summed E-state index contributed by atoms with van der Waals surface area (Å²) in [4.78, 5) is 34.3. The Balaban J connectivity index is 2.49. The van der Waals surface area contributed by atoms with E-state index in [0.29, 0.717) is 17.9 Å². The molecule has 0 spiro atoms. The predicted octanol–water partition coefficient (Wildman–Crippen LogP) is 2.39. The first kappa shape index (κ1) is 17.7. The summed E-state index contributed by atoms with van der Waals surface area (Å²) in [7, 11) is 1.28. The lowest BCUT2D eigenvalue weighted by Gasteiger charge is -2.08. The average Bonchev–Trinajstić information content (AvgIpc) is 2.50. The number of hydrogen-bond acceptors (Lipinski definition) is 5. The van der Waals surface area contributed by atoms with Gasteiger partial charge in [-0.1, -0.05) is 13.8 Å². The number of ether oxygens (including phenoxy) is 2. The highest BCUT2D eigenvalue weighted by Crippen LogP contribution is 2.12. The third-order valence-electron chi connectivity index (χ3n) is 2.74. The molecule has 0 aliphatic heterocycles. The molecular weight excluding hydrogens is 286 g/mol. The summed E-state index contributed by atoms with van der Waals surface area (Å²) in [5, 5.41) is 2.64. The fourth-order valence-electron chi connectivity index (χ4n) is 1.56.